The molecule has 1 aromatic rings. The molecule has 1 amide bonds. The minimum atomic E-state index is -0.615. The monoisotopic (exact) mass is 278 g/mol. The number of aliphatic hydroxyl groups is 1. The van der Waals surface area contributed by atoms with E-state index in [1.54, 1.807) is 14.2 Å². The lowest BCUT2D eigenvalue weighted by molar-refractivity contribution is -0.125. The van der Waals surface area contributed by atoms with Crippen molar-refractivity contribution in [2.24, 2.45) is 0 Å². The molecular weight excluding hydrogens is 256 g/mol. The molecule has 20 heavy (non-hydrogen) atoms. The maximum atomic E-state index is 11.8. The molecule has 1 aromatic carbocycles. The molecule has 5 nitrogen and oxygen atoms in total. The van der Waals surface area contributed by atoms with Gasteiger partial charge < -0.3 is 15.2 Å². The van der Waals surface area contributed by atoms with Crippen LogP contribution in [0.5, 0.6) is 5.75 Å². The summed E-state index contributed by atoms with van der Waals surface area (Å²) in [6, 6.07) is 7.28. The Labute approximate surface area is 119 Å². The number of rotatable bonds is 5. The number of hydrogen-bond donors (Lipinski definition) is 2. The molecule has 2 unspecified atom stereocenters. The number of carbonyl (C=O) groups excluding carboxylic acids is 1. The fourth-order valence-electron chi connectivity index (χ4n) is 2.68. The zero-order valence-electron chi connectivity index (χ0n) is 12.0. The Kier molecular flexibility index (Phi) is 4.98. The molecule has 0 saturated carbocycles. The van der Waals surface area contributed by atoms with Gasteiger partial charge in [-0.15, -0.1) is 0 Å². The quantitative estimate of drug-likeness (QED) is 0.841. The van der Waals surface area contributed by atoms with Crippen LogP contribution in [0.3, 0.4) is 0 Å². The topological polar surface area (TPSA) is 61.8 Å². The summed E-state index contributed by atoms with van der Waals surface area (Å²) >= 11 is 0. The highest BCUT2D eigenvalue weighted by atomic mass is 16.5. The summed E-state index contributed by atoms with van der Waals surface area (Å²) in [5, 5.41) is 13.0. The first-order valence-electron chi connectivity index (χ1n) is 6.93. The van der Waals surface area contributed by atoms with E-state index in [2.05, 4.69) is 5.32 Å². The Balaban J connectivity index is 2.03. The summed E-state index contributed by atoms with van der Waals surface area (Å²) in [5.74, 6) is 0.756. The van der Waals surface area contributed by atoms with Crippen molar-refractivity contribution in [3.05, 3.63) is 29.8 Å². The number of β-amino-alcohol motifs (C(OH)–C–C–N with tert-alkyl or cyclic N) is 1. The number of nitrogens with one attached hydrogen (secondary N) is 1. The zero-order chi connectivity index (χ0) is 14.5. The fraction of sp³-hybridized carbons (Fsp3) is 0.533. The highest BCUT2D eigenvalue weighted by Crippen LogP contribution is 2.24. The van der Waals surface area contributed by atoms with E-state index in [0.29, 0.717) is 6.54 Å². The van der Waals surface area contributed by atoms with Crippen LogP contribution in [0.1, 0.15) is 24.5 Å². The maximum Gasteiger partial charge on any atom is 0.237 e. The first kappa shape index (κ1) is 14.8. The molecule has 0 bridgehead atoms. The van der Waals surface area contributed by atoms with Crippen molar-refractivity contribution in [1.29, 1.82) is 0 Å². The van der Waals surface area contributed by atoms with Gasteiger partial charge in [-0.25, -0.2) is 0 Å². The zero-order valence-corrected chi connectivity index (χ0v) is 12.0. The summed E-state index contributed by atoms with van der Waals surface area (Å²) in [7, 11) is 3.25. The Morgan fingerprint density at radius 1 is 1.60 bits per heavy atom. The van der Waals surface area contributed by atoms with Crippen molar-refractivity contribution in [2.75, 3.05) is 27.2 Å². The fourth-order valence-corrected chi connectivity index (χ4v) is 2.68. The van der Waals surface area contributed by atoms with Gasteiger partial charge in [0.1, 0.15) is 5.75 Å². The second kappa shape index (κ2) is 6.72. The molecular formula is C15H22N2O3. The van der Waals surface area contributed by atoms with Crippen molar-refractivity contribution >= 4 is 5.91 Å². The number of nitrogens with zero attached hydrogens (tertiary/aromatic N) is 1. The van der Waals surface area contributed by atoms with E-state index in [4.69, 9.17) is 4.74 Å². The number of likely N-dealkylation sites (N-methyl/N-ethyl adjacent to an activating group) is 1. The van der Waals surface area contributed by atoms with Gasteiger partial charge in [0.05, 0.1) is 19.3 Å². The lowest BCUT2D eigenvalue weighted by Crippen LogP contribution is -2.43. The molecule has 2 N–H and O–H groups in total. The van der Waals surface area contributed by atoms with Gasteiger partial charge in [-0.05, 0) is 37.1 Å². The van der Waals surface area contributed by atoms with E-state index in [9.17, 15) is 9.90 Å². The van der Waals surface area contributed by atoms with Crippen LogP contribution in [0.4, 0.5) is 0 Å². The number of methoxy groups -OCH3 is 1. The van der Waals surface area contributed by atoms with E-state index in [1.165, 1.54) is 0 Å². The number of benzene rings is 1. The van der Waals surface area contributed by atoms with Crippen molar-refractivity contribution in [2.45, 2.75) is 25.0 Å². The molecule has 0 spiro atoms. The molecule has 0 aromatic heterocycles. The van der Waals surface area contributed by atoms with Gasteiger partial charge in [0, 0.05) is 13.6 Å². The maximum absolute atomic E-state index is 11.8. The van der Waals surface area contributed by atoms with Crippen molar-refractivity contribution in [3.63, 3.8) is 0 Å². The average molecular weight is 278 g/mol. The molecule has 0 radical (unpaired) electrons. The molecule has 1 saturated heterocycles. The van der Waals surface area contributed by atoms with Crippen LogP contribution in [0.25, 0.3) is 0 Å². The molecule has 1 fully saturated rings. The molecule has 1 heterocycles. The predicted octanol–water partition coefficient (Wildman–Crippen LogP) is 0.939. The summed E-state index contributed by atoms with van der Waals surface area (Å²) in [6.07, 6.45) is 1.23. The van der Waals surface area contributed by atoms with E-state index in [-0.39, 0.29) is 11.9 Å². The van der Waals surface area contributed by atoms with Crippen LogP contribution in [0.15, 0.2) is 24.3 Å². The summed E-state index contributed by atoms with van der Waals surface area (Å²) in [5.41, 5.74) is 0.812. The standard InChI is InChI=1S/C15H22N2O3/c1-16-15(19)13-7-4-8-17(13)10-14(18)11-5-3-6-12(9-11)20-2/h3,5-6,9,13-14,18H,4,7-8,10H2,1-2H3,(H,16,19). The van der Waals surface area contributed by atoms with Crippen LogP contribution in [0, 0.1) is 0 Å². The average Bonchev–Trinajstić information content (AvgIpc) is 2.94. The Morgan fingerprint density at radius 3 is 3.10 bits per heavy atom. The van der Waals surface area contributed by atoms with Gasteiger partial charge in [-0.1, -0.05) is 12.1 Å². The first-order chi connectivity index (χ1) is 9.65. The molecule has 2 rings (SSSR count). The molecule has 1 aliphatic heterocycles. The van der Waals surface area contributed by atoms with Crippen LogP contribution in [-0.2, 0) is 4.79 Å². The number of likely N-dealkylation sites (tertiary alicyclic amines) is 1. The second-order valence-electron chi connectivity index (χ2n) is 5.06. The first-order valence-corrected chi connectivity index (χ1v) is 6.93. The number of hydrogen-bond acceptors (Lipinski definition) is 4. The van der Waals surface area contributed by atoms with Crippen LogP contribution in [-0.4, -0.2) is 49.2 Å². The van der Waals surface area contributed by atoms with Crippen molar-refractivity contribution in [1.82, 2.24) is 10.2 Å². The van der Waals surface area contributed by atoms with Gasteiger partial charge >= 0.3 is 0 Å². The molecule has 2 atom stereocenters. The summed E-state index contributed by atoms with van der Waals surface area (Å²) < 4.78 is 5.16. The molecule has 5 heteroatoms. The Morgan fingerprint density at radius 2 is 2.40 bits per heavy atom. The number of aliphatic hydroxyl groups excluding tert-OH is 1. The van der Waals surface area contributed by atoms with Gasteiger partial charge in [0.25, 0.3) is 0 Å². The Bertz CT molecular complexity index is 464. The van der Waals surface area contributed by atoms with E-state index < -0.39 is 6.10 Å². The van der Waals surface area contributed by atoms with Gasteiger partial charge in [-0.3, -0.25) is 9.69 Å². The van der Waals surface area contributed by atoms with Gasteiger partial charge in [0.2, 0.25) is 5.91 Å². The summed E-state index contributed by atoms with van der Waals surface area (Å²) in [6.45, 7) is 1.31. The van der Waals surface area contributed by atoms with Crippen LogP contribution >= 0.6 is 0 Å². The van der Waals surface area contributed by atoms with Gasteiger partial charge in [0.15, 0.2) is 0 Å². The number of amides is 1. The van der Waals surface area contributed by atoms with Gasteiger partial charge in [-0.2, -0.15) is 0 Å². The number of ether oxygens (including phenoxy) is 1. The highest BCUT2D eigenvalue weighted by Gasteiger charge is 2.31. The third-order valence-corrected chi connectivity index (χ3v) is 3.80. The third kappa shape index (κ3) is 3.29. The molecule has 1 aliphatic rings. The van der Waals surface area contributed by atoms with Crippen LogP contribution < -0.4 is 10.1 Å². The third-order valence-electron chi connectivity index (χ3n) is 3.80. The highest BCUT2D eigenvalue weighted by molar-refractivity contribution is 5.81. The minimum Gasteiger partial charge on any atom is -0.497 e. The minimum absolute atomic E-state index is 0.0281. The van der Waals surface area contributed by atoms with Crippen molar-refractivity contribution in [3.8, 4) is 5.75 Å². The largest absolute Gasteiger partial charge is 0.497 e. The Hall–Kier alpha value is -1.59. The normalized spacial score (nSPS) is 20.6. The van der Waals surface area contributed by atoms with E-state index in [0.717, 1.165) is 30.7 Å². The second-order valence-corrected chi connectivity index (χ2v) is 5.06. The van der Waals surface area contributed by atoms with E-state index >= 15 is 0 Å². The summed E-state index contributed by atoms with van der Waals surface area (Å²) in [4.78, 5) is 13.8. The van der Waals surface area contributed by atoms with Crippen LogP contribution in [0.2, 0.25) is 0 Å². The lowest BCUT2D eigenvalue weighted by Gasteiger charge is -2.25. The molecule has 110 valence electrons. The smallest absolute Gasteiger partial charge is 0.237 e. The molecule has 0 aliphatic carbocycles. The predicted molar refractivity (Wildman–Crippen MR) is 76.6 cm³/mol. The SMILES string of the molecule is CNC(=O)C1CCCN1CC(O)c1cccc(OC)c1. The lowest BCUT2D eigenvalue weighted by atomic mass is 10.1. The number of carbonyl (C=O) groups is 1. The van der Waals surface area contributed by atoms with Crippen molar-refractivity contribution < 1.29 is 14.6 Å². The van der Waals surface area contributed by atoms with E-state index in [1.807, 2.05) is 29.2 Å².